The molecule has 0 aliphatic rings. The molecular formula is C18H17ClF3NO4. The van der Waals surface area contributed by atoms with Gasteiger partial charge in [0.05, 0.1) is 10.6 Å². The van der Waals surface area contributed by atoms with Crippen molar-refractivity contribution in [2.24, 2.45) is 0 Å². The van der Waals surface area contributed by atoms with Gasteiger partial charge in [-0.05, 0) is 49.4 Å². The van der Waals surface area contributed by atoms with Crippen LogP contribution in [0.3, 0.4) is 0 Å². The summed E-state index contributed by atoms with van der Waals surface area (Å²) in [6.45, 7) is 1.80. The Balaban J connectivity index is 1.96. The van der Waals surface area contributed by atoms with Crippen molar-refractivity contribution in [2.75, 3.05) is 13.7 Å². The van der Waals surface area contributed by atoms with Gasteiger partial charge in [0.25, 0.3) is 0 Å². The first kappa shape index (κ1) is 20.7. The van der Waals surface area contributed by atoms with Crippen molar-refractivity contribution in [3.63, 3.8) is 0 Å². The second kappa shape index (κ2) is 8.85. The molecule has 5 nitrogen and oxygen atoms in total. The second-order valence-electron chi connectivity index (χ2n) is 5.49. The van der Waals surface area contributed by atoms with Crippen LogP contribution in [-0.4, -0.2) is 25.9 Å². The first-order valence-corrected chi connectivity index (χ1v) is 8.22. The molecule has 1 amide bonds. The second-order valence-corrected chi connectivity index (χ2v) is 5.90. The van der Waals surface area contributed by atoms with Crippen LogP contribution in [0.4, 0.5) is 18.0 Å². The normalized spacial score (nSPS) is 12.2. The molecule has 27 heavy (non-hydrogen) atoms. The summed E-state index contributed by atoms with van der Waals surface area (Å²) in [4.78, 5) is 11.0. The van der Waals surface area contributed by atoms with Crippen molar-refractivity contribution < 1.29 is 32.2 Å². The third-order valence-corrected chi connectivity index (χ3v) is 3.60. The molecule has 9 heteroatoms. The highest BCUT2D eigenvalue weighted by Crippen LogP contribution is 2.36. The molecule has 1 unspecified atom stereocenters. The van der Waals surface area contributed by atoms with Gasteiger partial charge in [0.1, 0.15) is 30.0 Å². The van der Waals surface area contributed by atoms with Gasteiger partial charge in [-0.15, -0.1) is 0 Å². The van der Waals surface area contributed by atoms with Crippen LogP contribution in [0.1, 0.15) is 12.5 Å². The van der Waals surface area contributed by atoms with Crippen LogP contribution in [0, 0.1) is 0 Å². The van der Waals surface area contributed by atoms with Crippen LogP contribution < -0.4 is 14.8 Å². The van der Waals surface area contributed by atoms with E-state index in [1.807, 2.05) is 0 Å². The summed E-state index contributed by atoms with van der Waals surface area (Å²) in [6, 6.07) is 9.25. The molecule has 1 atom stereocenters. The molecule has 0 aliphatic carbocycles. The van der Waals surface area contributed by atoms with Gasteiger partial charge in [0, 0.05) is 7.05 Å². The van der Waals surface area contributed by atoms with E-state index in [-0.39, 0.29) is 23.5 Å². The Kier molecular flexibility index (Phi) is 6.79. The summed E-state index contributed by atoms with van der Waals surface area (Å²) in [5, 5.41) is 2.18. The van der Waals surface area contributed by atoms with Crippen LogP contribution >= 0.6 is 11.6 Å². The van der Waals surface area contributed by atoms with Gasteiger partial charge in [0.2, 0.25) is 0 Å². The number of alkyl carbamates (subject to hydrolysis) is 1. The van der Waals surface area contributed by atoms with E-state index in [2.05, 4.69) is 5.32 Å². The number of amides is 1. The number of ether oxygens (including phenoxy) is 3. The number of benzene rings is 2. The SMILES string of the molecule is CNC(=O)OCC(C)Oc1ccc(Oc2ccc(C(F)(F)F)cc2Cl)cc1. The Morgan fingerprint density at radius 1 is 1.15 bits per heavy atom. The maximum Gasteiger partial charge on any atom is 0.416 e. The van der Waals surface area contributed by atoms with Gasteiger partial charge in [-0.25, -0.2) is 4.79 Å². The average molecular weight is 404 g/mol. The smallest absolute Gasteiger partial charge is 0.416 e. The predicted molar refractivity (Wildman–Crippen MR) is 93.5 cm³/mol. The summed E-state index contributed by atoms with van der Waals surface area (Å²) in [7, 11) is 1.45. The fourth-order valence-electron chi connectivity index (χ4n) is 2.00. The first-order chi connectivity index (χ1) is 12.7. The van der Waals surface area contributed by atoms with Crippen molar-refractivity contribution in [3.05, 3.63) is 53.1 Å². The summed E-state index contributed by atoms with van der Waals surface area (Å²) < 4.78 is 53.9. The van der Waals surface area contributed by atoms with E-state index in [9.17, 15) is 18.0 Å². The number of rotatable bonds is 6. The molecule has 0 bridgehead atoms. The van der Waals surface area contributed by atoms with Gasteiger partial charge < -0.3 is 19.5 Å². The molecule has 0 aliphatic heterocycles. The van der Waals surface area contributed by atoms with E-state index in [0.717, 1.165) is 18.2 Å². The minimum atomic E-state index is -4.47. The van der Waals surface area contributed by atoms with Crippen LogP contribution in [0.5, 0.6) is 17.2 Å². The molecule has 0 saturated heterocycles. The summed E-state index contributed by atoms with van der Waals surface area (Å²) in [5.74, 6) is 0.984. The molecule has 0 heterocycles. The Bertz CT molecular complexity index is 781. The number of nitrogens with one attached hydrogen (secondary N) is 1. The fraction of sp³-hybridized carbons (Fsp3) is 0.278. The lowest BCUT2D eigenvalue weighted by molar-refractivity contribution is -0.137. The third kappa shape index (κ3) is 6.25. The quantitative estimate of drug-likeness (QED) is 0.713. The van der Waals surface area contributed by atoms with E-state index in [1.165, 1.54) is 7.05 Å². The van der Waals surface area contributed by atoms with Gasteiger partial charge in [-0.3, -0.25) is 0 Å². The van der Waals surface area contributed by atoms with E-state index in [1.54, 1.807) is 31.2 Å². The lowest BCUT2D eigenvalue weighted by Gasteiger charge is -2.15. The Labute approximate surface area is 159 Å². The summed E-state index contributed by atoms with van der Waals surface area (Å²) >= 11 is 5.86. The van der Waals surface area contributed by atoms with Gasteiger partial charge in [0.15, 0.2) is 0 Å². The maximum absolute atomic E-state index is 12.6. The Morgan fingerprint density at radius 3 is 2.33 bits per heavy atom. The van der Waals surface area contributed by atoms with E-state index < -0.39 is 17.8 Å². The molecule has 0 aromatic heterocycles. The number of hydrogen-bond donors (Lipinski definition) is 1. The highest BCUT2D eigenvalue weighted by molar-refractivity contribution is 6.32. The van der Waals surface area contributed by atoms with Crippen molar-refractivity contribution in [3.8, 4) is 17.2 Å². The van der Waals surface area contributed by atoms with Crippen LogP contribution in [-0.2, 0) is 10.9 Å². The zero-order valence-corrected chi connectivity index (χ0v) is 15.2. The zero-order chi connectivity index (χ0) is 20.0. The van der Waals surface area contributed by atoms with Gasteiger partial charge >= 0.3 is 12.3 Å². The van der Waals surface area contributed by atoms with E-state index in [4.69, 9.17) is 25.8 Å². The van der Waals surface area contributed by atoms with Crippen molar-refractivity contribution in [2.45, 2.75) is 19.2 Å². The molecule has 146 valence electrons. The Morgan fingerprint density at radius 2 is 1.78 bits per heavy atom. The molecule has 2 rings (SSSR count). The molecule has 2 aromatic carbocycles. The van der Waals surface area contributed by atoms with Crippen molar-refractivity contribution in [1.29, 1.82) is 0 Å². The lowest BCUT2D eigenvalue weighted by Crippen LogP contribution is -2.26. The molecule has 2 aromatic rings. The van der Waals surface area contributed by atoms with E-state index in [0.29, 0.717) is 11.5 Å². The maximum atomic E-state index is 12.6. The molecule has 1 N–H and O–H groups in total. The molecule has 0 fully saturated rings. The molecule has 0 radical (unpaired) electrons. The largest absolute Gasteiger partial charge is 0.487 e. The van der Waals surface area contributed by atoms with Crippen molar-refractivity contribution >= 4 is 17.7 Å². The first-order valence-electron chi connectivity index (χ1n) is 7.85. The van der Waals surface area contributed by atoms with Crippen LogP contribution in [0.15, 0.2) is 42.5 Å². The summed E-state index contributed by atoms with van der Waals surface area (Å²) in [5.41, 5.74) is -0.850. The standard InChI is InChI=1S/C18H17ClF3NO4/c1-11(10-25-17(24)23-2)26-13-4-6-14(7-5-13)27-16-8-3-12(9-15(16)19)18(20,21)22/h3-9,11H,10H2,1-2H3,(H,23,24). The highest BCUT2D eigenvalue weighted by atomic mass is 35.5. The van der Waals surface area contributed by atoms with Crippen LogP contribution in [0.25, 0.3) is 0 Å². The topological polar surface area (TPSA) is 56.8 Å². The van der Waals surface area contributed by atoms with Gasteiger partial charge in [-0.1, -0.05) is 11.6 Å². The average Bonchev–Trinajstić information content (AvgIpc) is 2.62. The molecule has 0 saturated carbocycles. The van der Waals surface area contributed by atoms with Crippen molar-refractivity contribution in [1.82, 2.24) is 5.32 Å². The summed E-state index contributed by atoms with van der Waals surface area (Å²) in [6.07, 6.45) is -5.40. The highest BCUT2D eigenvalue weighted by Gasteiger charge is 2.31. The number of alkyl halides is 3. The van der Waals surface area contributed by atoms with Crippen LogP contribution in [0.2, 0.25) is 5.02 Å². The fourth-order valence-corrected chi connectivity index (χ4v) is 2.22. The monoisotopic (exact) mass is 403 g/mol. The number of halogens is 4. The molecular weight excluding hydrogens is 387 g/mol. The Hall–Kier alpha value is -2.61. The lowest BCUT2D eigenvalue weighted by atomic mass is 10.2. The molecule has 0 spiro atoms. The predicted octanol–water partition coefficient (Wildman–Crippen LogP) is 5.27. The number of carbonyl (C=O) groups is 1. The zero-order valence-electron chi connectivity index (χ0n) is 14.5. The number of hydrogen-bond acceptors (Lipinski definition) is 4. The van der Waals surface area contributed by atoms with E-state index >= 15 is 0 Å². The number of carbonyl (C=O) groups excluding carboxylic acids is 1. The van der Waals surface area contributed by atoms with Gasteiger partial charge in [-0.2, -0.15) is 13.2 Å². The minimum Gasteiger partial charge on any atom is -0.487 e. The minimum absolute atomic E-state index is 0.0685. The third-order valence-electron chi connectivity index (χ3n) is 3.30.